The molecular formula is C40H42N6O2. The molecule has 0 spiro atoms. The van der Waals surface area contributed by atoms with E-state index in [1.54, 1.807) is 4.80 Å². The first-order valence-electron chi connectivity index (χ1n) is 16.4. The van der Waals surface area contributed by atoms with Crippen LogP contribution in [0.5, 0.6) is 0 Å². The number of aliphatic hydroxyl groups excluding tert-OH is 1. The highest BCUT2D eigenvalue weighted by molar-refractivity contribution is 5.77. The van der Waals surface area contributed by atoms with E-state index in [4.69, 9.17) is 20.4 Å². The van der Waals surface area contributed by atoms with Crippen LogP contribution in [0.4, 0.5) is 0 Å². The van der Waals surface area contributed by atoms with Gasteiger partial charge in [0.1, 0.15) is 39.1 Å². The van der Waals surface area contributed by atoms with Gasteiger partial charge in [0.25, 0.3) is 0 Å². The van der Waals surface area contributed by atoms with Gasteiger partial charge in [0, 0.05) is 16.4 Å². The van der Waals surface area contributed by atoms with Crippen molar-refractivity contribution >= 4 is 27.8 Å². The molecule has 244 valence electrons. The maximum Gasteiger partial charge on any atom is 0.152 e. The van der Waals surface area contributed by atoms with Crippen molar-refractivity contribution < 1.29 is 10.2 Å². The van der Waals surface area contributed by atoms with Crippen LogP contribution in [0.2, 0.25) is 0 Å². The van der Waals surface area contributed by atoms with Gasteiger partial charge in [-0.05, 0) is 46.4 Å². The Labute approximate surface area is 281 Å². The van der Waals surface area contributed by atoms with Crippen molar-refractivity contribution in [3.63, 3.8) is 0 Å². The molecule has 2 N–H and O–H groups in total. The Morgan fingerprint density at radius 3 is 1.46 bits per heavy atom. The molecule has 2 heterocycles. The molecule has 2 aromatic heterocycles. The Hall–Kier alpha value is -5.08. The molecule has 8 nitrogen and oxygen atoms in total. The number of rotatable bonds is 6. The topological polar surface area (TPSA) is 102 Å². The zero-order valence-corrected chi connectivity index (χ0v) is 28.5. The van der Waals surface area contributed by atoms with Gasteiger partial charge in [0.2, 0.25) is 0 Å². The number of nitrogens with zero attached hydrogens (tertiary/aromatic N) is 6. The maximum absolute atomic E-state index is 14.2. The van der Waals surface area contributed by atoms with Crippen molar-refractivity contribution in [2.75, 3.05) is 0 Å². The summed E-state index contributed by atoms with van der Waals surface area (Å²) in [5.41, 5.74) is 2.10. The van der Waals surface area contributed by atoms with E-state index in [0.29, 0.717) is 38.9 Å². The van der Waals surface area contributed by atoms with Gasteiger partial charge >= 0.3 is 0 Å². The SMILES string of the molecule is CC(C)(C)C1=C(C(C)(C)c2ccccc2)C(O)=C(n2nc3ccccc3n2)C(n2nc3ccccc3n2)C1(O)C(C)(C)c1ccccc1. The first-order chi connectivity index (χ1) is 22.8. The number of aliphatic hydroxyl groups is 2. The van der Waals surface area contributed by atoms with Gasteiger partial charge < -0.3 is 10.2 Å². The third-order valence-corrected chi connectivity index (χ3v) is 10.1. The summed E-state index contributed by atoms with van der Waals surface area (Å²) < 4.78 is 0. The zero-order valence-electron chi connectivity index (χ0n) is 28.5. The summed E-state index contributed by atoms with van der Waals surface area (Å²) in [5.74, 6) is -0.00558. The fourth-order valence-electron chi connectivity index (χ4n) is 7.62. The first kappa shape index (κ1) is 31.5. The third-order valence-electron chi connectivity index (χ3n) is 10.1. The molecule has 0 saturated heterocycles. The van der Waals surface area contributed by atoms with Gasteiger partial charge in [-0.25, -0.2) is 0 Å². The lowest BCUT2D eigenvalue weighted by Gasteiger charge is -2.56. The Bertz CT molecular complexity index is 2140. The molecule has 2 atom stereocenters. The summed E-state index contributed by atoms with van der Waals surface area (Å²) in [6, 6.07) is 34.3. The van der Waals surface area contributed by atoms with Crippen LogP contribution in [0.25, 0.3) is 27.8 Å². The van der Waals surface area contributed by atoms with E-state index in [2.05, 4.69) is 60.6 Å². The fraction of sp³-hybridized carbons (Fsp3) is 0.300. The summed E-state index contributed by atoms with van der Waals surface area (Å²) in [7, 11) is 0. The van der Waals surface area contributed by atoms with Crippen LogP contribution < -0.4 is 0 Å². The Balaban J connectivity index is 1.68. The molecule has 48 heavy (non-hydrogen) atoms. The average molecular weight is 639 g/mol. The van der Waals surface area contributed by atoms with Crippen LogP contribution in [0, 0.1) is 5.41 Å². The summed E-state index contributed by atoms with van der Waals surface area (Å²) in [6.07, 6.45) is 0. The van der Waals surface area contributed by atoms with Crippen LogP contribution in [0.3, 0.4) is 0 Å². The fourth-order valence-corrected chi connectivity index (χ4v) is 7.62. The molecule has 0 fully saturated rings. The largest absolute Gasteiger partial charge is 0.506 e. The van der Waals surface area contributed by atoms with E-state index < -0.39 is 27.9 Å². The lowest BCUT2D eigenvalue weighted by molar-refractivity contribution is -0.0470. The molecule has 0 amide bonds. The van der Waals surface area contributed by atoms with Crippen molar-refractivity contribution in [3.8, 4) is 0 Å². The Morgan fingerprint density at radius 2 is 1.00 bits per heavy atom. The standard InChI is InChI=1S/C40H42N6O2/c1-37(2,3)35-32(38(4,5)26-18-10-8-11-19-26)34(47)33(45-41-28-22-14-15-23-29(28)42-45)36(46-43-30-24-16-17-25-31(30)44-46)40(35,48)39(6,7)27-20-12-9-13-21-27/h8-25,36,47-48H,1-7H3. The summed E-state index contributed by atoms with van der Waals surface area (Å²) in [6.45, 7) is 14.6. The van der Waals surface area contributed by atoms with Crippen molar-refractivity contribution in [1.29, 1.82) is 0 Å². The monoisotopic (exact) mass is 638 g/mol. The van der Waals surface area contributed by atoms with Crippen LogP contribution in [0.1, 0.15) is 65.6 Å². The molecule has 1 aliphatic carbocycles. The molecule has 7 rings (SSSR count). The van der Waals surface area contributed by atoms with Crippen molar-refractivity contribution in [3.05, 3.63) is 137 Å². The number of hydrogen-bond donors (Lipinski definition) is 2. The van der Waals surface area contributed by atoms with Gasteiger partial charge in [-0.15, -0.1) is 15.0 Å². The number of benzene rings is 4. The zero-order chi connectivity index (χ0) is 34.1. The molecule has 0 aliphatic heterocycles. The van der Waals surface area contributed by atoms with Crippen molar-refractivity contribution in [2.45, 2.75) is 70.9 Å². The normalized spacial score (nSPS) is 19.5. The van der Waals surface area contributed by atoms with Crippen LogP contribution >= 0.6 is 0 Å². The molecule has 6 aromatic rings. The minimum atomic E-state index is -1.73. The molecule has 0 bridgehead atoms. The van der Waals surface area contributed by atoms with Crippen LogP contribution in [-0.4, -0.2) is 45.8 Å². The van der Waals surface area contributed by atoms with Crippen molar-refractivity contribution in [2.24, 2.45) is 5.41 Å². The Kier molecular flexibility index (Phi) is 7.22. The van der Waals surface area contributed by atoms with E-state index in [-0.39, 0.29) is 5.76 Å². The smallest absolute Gasteiger partial charge is 0.152 e. The van der Waals surface area contributed by atoms with Crippen molar-refractivity contribution in [1.82, 2.24) is 30.0 Å². The number of hydrogen-bond acceptors (Lipinski definition) is 6. The summed E-state index contributed by atoms with van der Waals surface area (Å²) in [5, 5.41) is 46.9. The second-order valence-corrected chi connectivity index (χ2v) is 14.9. The Morgan fingerprint density at radius 1 is 0.583 bits per heavy atom. The van der Waals surface area contributed by atoms with Gasteiger partial charge in [-0.1, -0.05) is 133 Å². The quantitative estimate of drug-likeness (QED) is 0.191. The summed E-state index contributed by atoms with van der Waals surface area (Å²) in [4.78, 5) is 3.04. The third kappa shape index (κ3) is 4.69. The number of aromatic nitrogens is 6. The number of fused-ring (bicyclic) bond motifs is 2. The van der Waals surface area contributed by atoms with Crippen LogP contribution in [0.15, 0.2) is 126 Å². The molecule has 8 heteroatoms. The van der Waals surface area contributed by atoms with E-state index in [1.165, 1.54) is 4.80 Å². The molecule has 4 aromatic carbocycles. The predicted octanol–water partition coefficient (Wildman–Crippen LogP) is 8.19. The minimum absolute atomic E-state index is 0.00558. The minimum Gasteiger partial charge on any atom is -0.506 e. The highest BCUT2D eigenvalue weighted by atomic mass is 16.3. The highest BCUT2D eigenvalue weighted by Gasteiger charge is 2.63. The van der Waals surface area contributed by atoms with Gasteiger partial charge in [0.15, 0.2) is 6.04 Å². The summed E-state index contributed by atoms with van der Waals surface area (Å²) >= 11 is 0. The first-order valence-corrected chi connectivity index (χ1v) is 16.4. The molecule has 2 unspecified atom stereocenters. The van der Waals surface area contributed by atoms with E-state index >= 15 is 0 Å². The second-order valence-electron chi connectivity index (χ2n) is 14.9. The molecule has 0 radical (unpaired) electrons. The molecule has 0 saturated carbocycles. The van der Waals surface area contributed by atoms with E-state index in [9.17, 15) is 10.2 Å². The highest BCUT2D eigenvalue weighted by Crippen LogP contribution is 2.61. The maximum atomic E-state index is 14.2. The lowest BCUT2D eigenvalue weighted by atomic mass is 9.53. The average Bonchev–Trinajstić information content (AvgIpc) is 3.69. The van der Waals surface area contributed by atoms with E-state index in [0.717, 1.165) is 11.1 Å². The van der Waals surface area contributed by atoms with E-state index in [1.807, 2.05) is 97.1 Å². The lowest BCUT2D eigenvalue weighted by Crippen LogP contribution is -2.61. The number of allylic oxidation sites excluding steroid dienone is 1. The predicted molar refractivity (Wildman–Crippen MR) is 190 cm³/mol. The van der Waals surface area contributed by atoms with Gasteiger partial charge in [0.05, 0.1) is 0 Å². The van der Waals surface area contributed by atoms with Crippen LogP contribution in [-0.2, 0) is 10.8 Å². The second kappa shape index (κ2) is 11.0. The van der Waals surface area contributed by atoms with Gasteiger partial charge in [-0.3, -0.25) is 0 Å². The van der Waals surface area contributed by atoms with Gasteiger partial charge in [-0.2, -0.15) is 15.0 Å². The molecular weight excluding hydrogens is 596 g/mol. The molecule has 1 aliphatic rings.